The maximum Gasteiger partial charge on any atom is 0.119 e. The summed E-state index contributed by atoms with van der Waals surface area (Å²) in [6, 6.07) is 22.8. The Hall–Kier alpha value is -1.75. The van der Waals surface area contributed by atoms with E-state index >= 15 is 0 Å². The van der Waals surface area contributed by atoms with Gasteiger partial charge in [-0.2, -0.15) is 0 Å². The van der Waals surface area contributed by atoms with E-state index in [1.807, 2.05) is 23.1 Å². The molecule has 0 saturated heterocycles. The Balaban J connectivity index is 1.77. The van der Waals surface area contributed by atoms with Gasteiger partial charge in [-0.25, -0.2) is 0 Å². The zero-order chi connectivity index (χ0) is 21.5. The Morgan fingerprint density at radius 3 is 2.20 bits per heavy atom. The average molecular weight is 440 g/mol. The molecule has 0 aliphatic heterocycles. The third-order valence-corrected chi connectivity index (χ3v) is 7.18. The fourth-order valence-corrected chi connectivity index (χ4v) is 5.50. The number of hydrogen-bond acceptors (Lipinski definition) is 4. The first kappa shape index (κ1) is 22.9. The van der Waals surface area contributed by atoms with Crippen molar-refractivity contribution in [3.8, 4) is 5.75 Å². The minimum atomic E-state index is 0.250. The highest BCUT2D eigenvalue weighted by Gasteiger charge is 2.20. The summed E-state index contributed by atoms with van der Waals surface area (Å²) in [5, 5.41) is 2.16. The molecule has 0 saturated carbocycles. The van der Waals surface area contributed by atoms with Gasteiger partial charge in [0.25, 0.3) is 0 Å². The second-order valence-corrected chi connectivity index (χ2v) is 9.86. The predicted octanol–water partition coefficient (Wildman–Crippen LogP) is 7.15. The SMILES string of the molecule is CSc1ccccc1C(c1ccc(OCCN(C(C)C)C(C)C)cc1)c1cccs1. The molecule has 160 valence electrons. The van der Waals surface area contributed by atoms with Crippen molar-refractivity contribution in [2.24, 2.45) is 0 Å². The average Bonchev–Trinajstić information content (AvgIpc) is 3.26. The Kier molecular flexibility index (Phi) is 8.43. The fraction of sp³-hybridized carbons (Fsp3) is 0.385. The summed E-state index contributed by atoms with van der Waals surface area (Å²) >= 11 is 3.63. The van der Waals surface area contributed by atoms with Gasteiger partial charge in [-0.1, -0.05) is 36.4 Å². The first-order chi connectivity index (χ1) is 14.5. The van der Waals surface area contributed by atoms with Gasteiger partial charge in [0.15, 0.2) is 0 Å². The lowest BCUT2D eigenvalue weighted by molar-refractivity contribution is 0.142. The van der Waals surface area contributed by atoms with E-state index in [-0.39, 0.29) is 5.92 Å². The number of ether oxygens (including phenoxy) is 1. The molecular formula is C26H33NOS2. The van der Waals surface area contributed by atoms with Crippen molar-refractivity contribution < 1.29 is 4.74 Å². The van der Waals surface area contributed by atoms with Crippen LogP contribution in [0.3, 0.4) is 0 Å². The molecule has 0 N–H and O–H groups in total. The van der Waals surface area contributed by atoms with Crippen molar-refractivity contribution in [1.29, 1.82) is 0 Å². The summed E-state index contributed by atoms with van der Waals surface area (Å²) in [4.78, 5) is 5.16. The number of hydrogen-bond donors (Lipinski definition) is 0. The molecule has 1 aromatic heterocycles. The second-order valence-electron chi connectivity index (χ2n) is 8.03. The van der Waals surface area contributed by atoms with Crippen LogP contribution in [0.5, 0.6) is 5.75 Å². The van der Waals surface area contributed by atoms with Gasteiger partial charge in [-0.05, 0) is 74.7 Å². The molecule has 3 rings (SSSR count). The summed E-state index contributed by atoms with van der Waals surface area (Å²) in [7, 11) is 0. The van der Waals surface area contributed by atoms with Crippen molar-refractivity contribution in [2.45, 2.75) is 50.6 Å². The predicted molar refractivity (Wildman–Crippen MR) is 132 cm³/mol. The molecule has 2 aromatic carbocycles. The van der Waals surface area contributed by atoms with Gasteiger partial charge in [0.05, 0.1) is 0 Å². The van der Waals surface area contributed by atoms with Crippen LogP contribution in [0.1, 0.15) is 49.6 Å². The van der Waals surface area contributed by atoms with Crippen LogP contribution in [0.2, 0.25) is 0 Å². The van der Waals surface area contributed by atoms with Crippen LogP contribution in [0.4, 0.5) is 0 Å². The molecule has 0 radical (unpaired) electrons. The zero-order valence-electron chi connectivity index (χ0n) is 18.7. The molecule has 1 unspecified atom stereocenters. The molecule has 4 heteroatoms. The molecular weight excluding hydrogens is 406 g/mol. The summed E-state index contributed by atoms with van der Waals surface area (Å²) in [5.41, 5.74) is 2.67. The van der Waals surface area contributed by atoms with Gasteiger partial charge in [0, 0.05) is 34.3 Å². The highest BCUT2D eigenvalue weighted by Crippen LogP contribution is 2.39. The first-order valence-corrected chi connectivity index (χ1v) is 12.8. The van der Waals surface area contributed by atoms with E-state index < -0.39 is 0 Å². The third kappa shape index (κ3) is 5.69. The standard InChI is InChI=1S/C26H33NOS2/c1-19(2)27(20(3)4)16-17-28-22-14-12-21(13-15-22)26(25-11-8-18-30-25)23-9-6-7-10-24(23)29-5/h6-15,18-20,26H,16-17H2,1-5H3. The van der Waals surface area contributed by atoms with E-state index in [1.54, 1.807) is 0 Å². The van der Waals surface area contributed by atoms with Crippen LogP contribution in [-0.4, -0.2) is 36.4 Å². The fourth-order valence-electron chi connectivity index (χ4n) is 4.00. The van der Waals surface area contributed by atoms with Gasteiger partial charge in [-0.15, -0.1) is 23.1 Å². The summed E-state index contributed by atoms with van der Waals surface area (Å²) in [6.45, 7) is 10.6. The maximum absolute atomic E-state index is 6.07. The molecule has 3 aromatic rings. The summed E-state index contributed by atoms with van der Waals surface area (Å²) in [6.07, 6.45) is 2.15. The smallest absolute Gasteiger partial charge is 0.119 e. The molecule has 0 spiro atoms. The number of thioether (sulfide) groups is 1. The maximum atomic E-state index is 6.07. The highest BCUT2D eigenvalue weighted by molar-refractivity contribution is 7.98. The topological polar surface area (TPSA) is 12.5 Å². The molecule has 2 nitrogen and oxygen atoms in total. The minimum absolute atomic E-state index is 0.250. The van der Waals surface area contributed by atoms with Gasteiger partial charge in [0.2, 0.25) is 0 Å². The second kappa shape index (κ2) is 11.0. The number of nitrogens with zero attached hydrogens (tertiary/aromatic N) is 1. The molecule has 0 amide bonds. The van der Waals surface area contributed by atoms with E-state index in [0.717, 1.165) is 12.3 Å². The summed E-state index contributed by atoms with van der Waals surface area (Å²) in [5.74, 6) is 1.19. The van der Waals surface area contributed by atoms with Crippen LogP contribution in [0.15, 0.2) is 70.9 Å². The molecule has 0 aliphatic carbocycles. The van der Waals surface area contributed by atoms with Gasteiger partial charge < -0.3 is 4.74 Å². The summed E-state index contributed by atoms with van der Waals surface area (Å²) < 4.78 is 6.07. The molecule has 30 heavy (non-hydrogen) atoms. The number of thiophene rings is 1. The van der Waals surface area contributed by atoms with Crippen molar-refractivity contribution in [1.82, 2.24) is 4.90 Å². The van der Waals surface area contributed by atoms with E-state index in [1.165, 1.54) is 20.9 Å². The van der Waals surface area contributed by atoms with Crippen molar-refractivity contribution >= 4 is 23.1 Å². The zero-order valence-corrected chi connectivity index (χ0v) is 20.3. The van der Waals surface area contributed by atoms with Gasteiger partial charge in [0.1, 0.15) is 12.4 Å². The van der Waals surface area contributed by atoms with E-state index in [2.05, 4.69) is 105 Å². The minimum Gasteiger partial charge on any atom is -0.492 e. The molecule has 0 bridgehead atoms. The monoisotopic (exact) mass is 439 g/mol. The van der Waals surface area contributed by atoms with Crippen LogP contribution in [0, 0.1) is 0 Å². The lowest BCUT2D eigenvalue weighted by Crippen LogP contribution is -2.39. The Labute approximate surface area is 190 Å². The van der Waals surface area contributed by atoms with Crippen molar-refractivity contribution in [3.05, 3.63) is 82.0 Å². The normalized spacial score (nSPS) is 12.7. The van der Waals surface area contributed by atoms with Crippen LogP contribution in [0.25, 0.3) is 0 Å². The van der Waals surface area contributed by atoms with Crippen LogP contribution >= 0.6 is 23.1 Å². The lowest BCUT2D eigenvalue weighted by atomic mass is 9.90. The molecule has 0 aliphatic rings. The van der Waals surface area contributed by atoms with Crippen LogP contribution in [-0.2, 0) is 0 Å². The van der Waals surface area contributed by atoms with Crippen molar-refractivity contribution in [3.63, 3.8) is 0 Å². The molecule has 1 heterocycles. The largest absolute Gasteiger partial charge is 0.492 e. The Morgan fingerprint density at radius 2 is 1.60 bits per heavy atom. The van der Waals surface area contributed by atoms with E-state index in [0.29, 0.717) is 18.7 Å². The first-order valence-electron chi connectivity index (χ1n) is 10.7. The number of rotatable bonds is 10. The Bertz CT molecular complexity index is 880. The van der Waals surface area contributed by atoms with E-state index in [9.17, 15) is 0 Å². The molecule has 0 fully saturated rings. The van der Waals surface area contributed by atoms with Gasteiger partial charge >= 0.3 is 0 Å². The van der Waals surface area contributed by atoms with E-state index in [4.69, 9.17) is 4.74 Å². The van der Waals surface area contributed by atoms with Crippen LogP contribution < -0.4 is 4.74 Å². The molecule has 1 atom stereocenters. The van der Waals surface area contributed by atoms with Crippen molar-refractivity contribution in [2.75, 3.05) is 19.4 Å². The Morgan fingerprint density at radius 1 is 0.900 bits per heavy atom. The lowest BCUT2D eigenvalue weighted by Gasteiger charge is -2.30. The van der Waals surface area contributed by atoms with Gasteiger partial charge in [-0.3, -0.25) is 4.90 Å². The quantitative estimate of drug-likeness (QED) is 0.311. The highest BCUT2D eigenvalue weighted by atomic mass is 32.2. The number of benzene rings is 2. The third-order valence-electron chi connectivity index (χ3n) is 5.44.